The lowest BCUT2D eigenvalue weighted by Crippen LogP contribution is -2.43. The van der Waals surface area contributed by atoms with E-state index in [0.717, 1.165) is 11.4 Å². The van der Waals surface area contributed by atoms with Crippen LogP contribution in [0.3, 0.4) is 0 Å². The Morgan fingerprint density at radius 1 is 1.15 bits per heavy atom. The summed E-state index contributed by atoms with van der Waals surface area (Å²) in [6.07, 6.45) is 5.13. The number of rotatable bonds is 2. The molecule has 0 spiro atoms. The summed E-state index contributed by atoms with van der Waals surface area (Å²) in [7, 11) is 0. The Morgan fingerprint density at radius 2 is 1.90 bits per heavy atom. The van der Waals surface area contributed by atoms with Crippen molar-refractivity contribution in [1.82, 2.24) is 5.32 Å². The van der Waals surface area contributed by atoms with Gasteiger partial charge in [-0.3, -0.25) is 0 Å². The molecule has 2 aliphatic rings. The Kier molecular flexibility index (Phi) is 3.42. The van der Waals surface area contributed by atoms with Gasteiger partial charge >= 0.3 is 0 Å². The number of fused-ring (bicyclic) bond motifs is 1. The molecule has 2 aliphatic carbocycles. The number of hydrogen-bond acceptors (Lipinski definition) is 1. The van der Waals surface area contributed by atoms with Crippen molar-refractivity contribution in [2.45, 2.75) is 65.5 Å². The van der Waals surface area contributed by atoms with Gasteiger partial charge in [0.1, 0.15) is 0 Å². The van der Waals surface area contributed by atoms with Crippen LogP contribution in [0, 0.1) is 10.8 Å². The highest BCUT2D eigenvalue weighted by Crippen LogP contribution is 2.48. The van der Waals surface area contributed by atoms with Gasteiger partial charge in [-0.15, -0.1) is 0 Å². The van der Waals surface area contributed by atoms with Crippen molar-refractivity contribution >= 4 is 11.6 Å². The fraction of sp³-hybridized carbons (Fsp3) is 0.667. The molecule has 0 radical (unpaired) electrons. The molecule has 2 heteroatoms. The van der Waals surface area contributed by atoms with E-state index in [2.05, 4.69) is 45.1 Å². The Bertz CT molecular complexity index is 518. The second-order valence-electron chi connectivity index (χ2n) is 8.04. The smallest absolute Gasteiger partial charge is 0.0409 e. The summed E-state index contributed by atoms with van der Waals surface area (Å²) in [5.74, 6) is 0. The summed E-state index contributed by atoms with van der Waals surface area (Å²) < 4.78 is 0. The third-order valence-electron chi connectivity index (χ3n) is 5.47. The molecule has 2 unspecified atom stereocenters. The molecule has 110 valence electrons. The highest BCUT2D eigenvalue weighted by molar-refractivity contribution is 6.30. The molecule has 1 fully saturated rings. The fourth-order valence-electron chi connectivity index (χ4n) is 4.16. The average molecular weight is 292 g/mol. The van der Waals surface area contributed by atoms with Crippen LogP contribution in [-0.4, -0.2) is 6.04 Å². The zero-order chi connectivity index (χ0) is 14.5. The van der Waals surface area contributed by atoms with E-state index < -0.39 is 0 Å². The van der Waals surface area contributed by atoms with Crippen molar-refractivity contribution in [3.63, 3.8) is 0 Å². The van der Waals surface area contributed by atoms with E-state index in [4.69, 9.17) is 11.6 Å². The molecule has 0 heterocycles. The van der Waals surface area contributed by atoms with E-state index >= 15 is 0 Å². The normalized spacial score (nSPS) is 30.4. The molecule has 0 amide bonds. The van der Waals surface area contributed by atoms with Crippen molar-refractivity contribution < 1.29 is 0 Å². The van der Waals surface area contributed by atoms with Crippen LogP contribution >= 0.6 is 11.6 Å². The first kappa shape index (κ1) is 14.4. The quantitative estimate of drug-likeness (QED) is 0.796. The molecule has 1 aromatic carbocycles. The minimum atomic E-state index is 0.270. The molecule has 1 aromatic rings. The molecule has 20 heavy (non-hydrogen) atoms. The predicted molar refractivity (Wildman–Crippen MR) is 86.2 cm³/mol. The summed E-state index contributed by atoms with van der Waals surface area (Å²) in [5, 5.41) is 4.84. The van der Waals surface area contributed by atoms with Gasteiger partial charge in [-0.1, -0.05) is 51.8 Å². The zero-order valence-corrected chi connectivity index (χ0v) is 13.8. The van der Waals surface area contributed by atoms with Crippen molar-refractivity contribution in [2.75, 3.05) is 0 Å². The third kappa shape index (κ3) is 2.40. The van der Waals surface area contributed by atoms with Gasteiger partial charge in [0.15, 0.2) is 0 Å². The predicted octanol–water partition coefficient (Wildman–Crippen LogP) is 5.13. The van der Waals surface area contributed by atoms with Gasteiger partial charge in [-0.25, -0.2) is 0 Å². The van der Waals surface area contributed by atoms with Gasteiger partial charge in [0.2, 0.25) is 0 Å². The minimum Gasteiger partial charge on any atom is -0.306 e. The molecule has 1 nitrogen and oxygen atoms in total. The standard InChI is InChI=1S/C18H26ClN/c1-17(2)9-5-6-15(17)20-16-14-10-13(19)8-7-12(14)11-18(16,3)4/h7-8,10,15-16,20H,5-6,9,11H2,1-4H3. The van der Waals surface area contributed by atoms with Crippen LogP contribution in [-0.2, 0) is 6.42 Å². The molecular weight excluding hydrogens is 266 g/mol. The SMILES string of the molecule is CC1(C)CCCC1NC1c2cc(Cl)ccc2CC1(C)C. The zero-order valence-electron chi connectivity index (χ0n) is 13.1. The van der Waals surface area contributed by atoms with Crippen LogP contribution in [0.5, 0.6) is 0 Å². The second-order valence-corrected chi connectivity index (χ2v) is 8.48. The van der Waals surface area contributed by atoms with Crippen LogP contribution in [0.2, 0.25) is 5.02 Å². The molecule has 0 bridgehead atoms. The Balaban J connectivity index is 1.90. The second kappa shape index (κ2) is 4.74. The average Bonchev–Trinajstić information content (AvgIpc) is 2.78. The summed E-state index contributed by atoms with van der Waals surface area (Å²) >= 11 is 6.23. The first-order chi connectivity index (χ1) is 9.29. The molecule has 2 atom stereocenters. The lowest BCUT2D eigenvalue weighted by atomic mass is 9.82. The Labute approximate surface area is 128 Å². The van der Waals surface area contributed by atoms with E-state index in [1.807, 2.05) is 6.07 Å². The van der Waals surface area contributed by atoms with Crippen LogP contribution in [0.15, 0.2) is 18.2 Å². The van der Waals surface area contributed by atoms with Crippen molar-refractivity contribution in [1.29, 1.82) is 0 Å². The summed E-state index contributed by atoms with van der Waals surface area (Å²) in [6.45, 7) is 9.55. The maximum absolute atomic E-state index is 6.23. The summed E-state index contributed by atoms with van der Waals surface area (Å²) in [5.41, 5.74) is 3.57. The molecule has 1 saturated carbocycles. The third-order valence-corrected chi connectivity index (χ3v) is 5.71. The van der Waals surface area contributed by atoms with Gasteiger partial charge in [-0.05, 0) is 53.4 Å². The van der Waals surface area contributed by atoms with E-state index in [0.29, 0.717) is 17.5 Å². The van der Waals surface area contributed by atoms with Gasteiger partial charge in [-0.2, -0.15) is 0 Å². The number of hydrogen-bond donors (Lipinski definition) is 1. The first-order valence-corrected chi connectivity index (χ1v) is 8.22. The number of halogens is 1. The summed E-state index contributed by atoms with van der Waals surface area (Å²) in [6, 6.07) is 7.46. The van der Waals surface area contributed by atoms with E-state index in [1.165, 1.54) is 30.4 Å². The summed E-state index contributed by atoms with van der Waals surface area (Å²) in [4.78, 5) is 0. The minimum absolute atomic E-state index is 0.270. The van der Waals surface area contributed by atoms with E-state index in [-0.39, 0.29) is 5.41 Å². The molecular formula is C18H26ClN. The maximum atomic E-state index is 6.23. The highest BCUT2D eigenvalue weighted by Gasteiger charge is 2.43. The number of benzene rings is 1. The molecule has 1 N–H and O–H groups in total. The van der Waals surface area contributed by atoms with Crippen LogP contribution < -0.4 is 5.32 Å². The highest BCUT2D eigenvalue weighted by atomic mass is 35.5. The van der Waals surface area contributed by atoms with Crippen LogP contribution in [0.25, 0.3) is 0 Å². The van der Waals surface area contributed by atoms with E-state index in [9.17, 15) is 0 Å². The van der Waals surface area contributed by atoms with Crippen molar-refractivity contribution in [3.05, 3.63) is 34.3 Å². The Hall–Kier alpha value is -0.530. The van der Waals surface area contributed by atoms with Crippen LogP contribution in [0.4, 0.5) is 0 Å². The van der Waals surface area contributed by atoms with Gasteiger partial charge < -0.3 is 5.32 Å². The fourth-order valence-corrected chi connectivity index (χ4v) is 4.34. The lowest BCUT2D eigenvalue weighted by Gasteiger charge is -2.36. The molecule has 0 aromatic heterocycles. The largest absolute Gasteiger partial charge is 0.306 e. The van der Waals surface area contributed by atoms with Crippen LogP contribution in [0.1, 0.15) is 64.1 Å². The van der Waals surface area contributed by atoms with Crippen molar-refractivity contribution in [3.8, 4) is 0 Å². The maximum Gasteiger partial charge on any atom is 0.0409 e. The molecule has 0 saturated heterocycles. The van der Waals surface area contributed by atoms with E-state index in [1.54, 1.807) is 0 Å². The number of nitrogens with one attached hydrogen (secondary N) is 1. The Morgan fingerprint density at radius 3 is 2.55 bits per heavy atom. The van der Waals surface area contributed by atoms with Gasteiger partial charge in [0, 0.05) is 17.1 Å². The monoisotopic (exact) mass is 291 g/mol. The van der Waals surface area contributed by atoms with Gasteiger partial charge in [0.25, 0.3) is 0 Å². The molecule has 0 aliphatic heterocycles. The molecule has 3 rings (SSSR count). The lowest BCUT2D eigenvalue weighted by molar-refractivity contribution is 0.195. The first-order valence-electron chi connectivity index (χ1n) is 7.84. The van der Waals surface area contributed by atoms with Crippen molar-refractivity contribution in [2.24, 2.45) is 10.8 Å². The topological polar surface area (TPSA) is 12.0 Å². The van der Waals surface area contributed by atoms with Gasteiger partial charge in [0.05, 0.1) is 0 Å².